The van der Waals surface area contributed by atoms with Gasteiger partial charge in [0.1, 0.15) is 0 Å². The average Bonchev–Trinajstić information content (AvgIpc) is 2.69. The first kappa shape index (κ1) is 20.0. The van der Waals surface area contributed by atoms with E-state index in [0.717, 1.165) is 30.4 Å². The second-order valence-corrected chi connectivity index (χ2v) is 8.07. The van der Waals surface area contributed by atoms with E-state index in [4.69, 9.17) is 5.11 Å². The minimum atomic E-state index is -0.918. The summed E-state index contributed by atoms with van der Waals surface area (Å²) in [6, 6.07) is 13.3. The average molecular weight is 373 g/mol. The van der Waals surface area contributed by atoms with Crippen molar-refractivity contribution in [2.75, 3.05) is 0 Å². The summed E-state index contributed by atoms with van der Waals surface area (Å²) >= 11 is 0. The van der Waals surface area contributed by atoms with Crippen LogP contribution in [0.5, 0.6) is 0 Å². The Morgan fingerprint density at radius 1 is 1.00 bits per heavy atom. The molecule has 2 nitrogen and oxygen atoms in total. The fraction of sp³-hybridized carbons (Fsp3) is 0.346. The van der Waals surface area contributed by atoms with E-state index in [9.17, 15) is 4.79 Å². The van der Waals surface area contributed by atoms with Crippen molar-refractivity contribution in [3.05, 3.63) is 75.9 Å². The van der Waals surface area contributed by atoms with E-state index in [1.807, 2.05) is 0 Å². The van der Waals surface area contributed by atoms with Crippen LogP contribution < -0.4 is 0 Å². The van der Waals surface area contributed by atoms with E-state index in [0.29, 0.717) is 0 Å². The smallest absolute Gasteiger partial charge is 0.335 e. The molecule has 1 aliphatic rings. The lowest BCUT2D eigenvalue weighted by atomic mass is 9.69. The first-order valence-electron chi connectivity index (χ1n) is 10.1. The van der Waals surface area contributed by atoms with Gasteiger partial charge in [0.25, 0.3) is 0 Å². The Bertz CT molecular complexity index is 973. The van der Waals surface area contributed by atoms with Crippen LogP contribution in [-0.4, -0.2) is 11.1 Å². The van der Waals surface area contributed by atoms with Crippen LogP contribution in [0.2, 0.25) is 0 Å². The Morgan fingerprint density at radius 3 is 2.21 bits per heavy atom. The van der Waals surface area contributed by atoms with Crippen molar-refractivity contribution in [1.29, 1.82) is 0 Å². The molecule has 0 saturated carbocycles. The molecule has 1 N–H and O–H groups in total. The monoisotopic (exact) mass is 372 g/mol. The van der Waals surface area contributed by atoms with Crippen molar-refractivity contribution in [3.8, 4) is 11.8 Å². The third kappa shape index (κ3) is 4.04. The van der Waals surface area contributed by atoms with Gasteiger partial charge in [-0.05, 0) is 84.2 Å². The molecule has 28 heavy (non-hydrogen) atoms. The molecule has 1 aliphatic carbocycles. The molecule has 2 aromatic carbocycles. The molecule has 0 saturated heterocycles. The third-order valence-corrected chi connectivity index (χ3v) is 5.84. The number of carboxylic acid groups (broad SMARTS) is 1. The minimum Gasteiger partial charge on any atom is -0.478 e. The van der Waals surface area contributed by atoms with Gasteiger partial charge in [-0.1, -0.05) is 51.2 Å². The van der Waals surface area contributed by atoms with Crippen molar-refractivity contribution in [2.45, 2.75) is 58.8 Å². The van der Waals surface area contributed by atoms with Crippen molar-refractivity contribution in [1.82, 2.24) is 0 Å². The number of hydrogen-bond acceptors (Lipinski definition) is 1. The van der Waals surface area contributed by atoms with Crippen LogP contribution in [0.4, 0.5) is 0 Å². The number of rotatable bonds is 3. The van der Waals surface area contributed by atoms with E-state index in [2.05, 4.69) is 57.7 Å². The van der Waals surface area contributed by atoms with Crippen LogP contribution in [0, 0.1) is 11.8 Å². The maximum Gasteiger partial charge on any atom is 0.335 e. The molecule has 0 spiro atoms. The van der Waals surface area contributed by atoms with Gasteiger partial charge in [-0.25, -0.2) is 4.79 Å². The van der Waals surface area contributed by atoms with E-state index in [1.165, 1.54) is 23.1 Å². The third-order valence-electron chi connectivity index (χ3n) is 5.84. The molecule has 0 aliphatic heterocycles. The lowest BCUT2D eigenvalue weighted by Gasteiger charge is -2.35. The second-order valence-electron chi connectivity index (χ2n) is 8.07. The van der Waals surface area contributed by atoms with Crippen molar-refractivity contribution >= 4 is 11.5 Å². The number of fused-ring (bicyclic) bond motifs is 1. The number of benzene rings is 2. The Balaban J connectivity index is 2.01. The van der Waals surface area contributed by atoms with Crippen molar-refractivity contribution in [3.63, 3.8) is 0 Å². The predicted octanol–water partition coefficient (Wildman–Crippen LogP) is 6.43. The van der Waals surface area contributed by atoms with Gasteiger partial charge in [-0.15, -0.1) is 0 Å². The molecule has 0 bridgehead atoms. The number of carboxylic acids is 1. The zero-order valence-electron chi connectivity index (χ0n) is 17.2. The fourth-order valence-electron chi connectivity index (χ4n) is 4.05. The zero-order chi connectivity index (χ0) is 20.3. The molecular formula is C26H28O2. The maximum absolute atomic E-state index is 11.0. The van der Waals surface area contributed by atoms with Gasteiger partial charge in [0.2, 0.25) is 0 Å². The minimum absolute atomic E-state index is 0.185. The van der Waals surface area contributed by atoms with Crippen molar-refractivity contribution < 1.29 is 9.90 Å². The van der Waals surface area contributed by atoms with Gasteiger partial charge in [-0.2, -0.15) is 0 Å². The summed E-state index contributed by atoms with van der Waals surface area (Å²) in [6.45, 7) is 9.15. The first-order chi connectivity index (χ1) is 13.4. The number of carbonyl (C=O) groups is 1. The molecule has 2 aromatic rings. The van der Waals surface area contributed by atoms with E-state index >= 15 is 0 Å². The summed E-state index contributed by atoms with van der Waals surface area (Å²) in [5.41, 5.74) is 8.13. The Hall–Kier alpha value is -2.79. The van der Waals surface area contributed by atoms with E-state index in [-0.39, 0.29) is 11.0 Å². The van der Waals surface area contributed by atoms with Gasteiger partial charge in [0.15, 0.2) is 0 Å². The van der Waals surface area contributed by atoms with Crippen molar-refractivity contribution in [2.24, 2.45) is 0 Å². The Labute approximate surface area is 168 Å². The van der Waals surface area contributed by atoms with Crippen LogP contribution in [-0.2, 0) is 5.41 Å². The summed E-state index contributed by atoms with van der Waals surface area (Å²) in [5, 5.41) is 9.01. The molecule has 0 atom stereocenters. The van der Waals surface area contributed by atoms with Gasteiger partial charge >= 0.3 is 5.97 Å². The van der Waals surface area contributed by atoms with Crippen LogP contribution in [0.15, 0.2) is 48.0 Å². The van der Waals surface area contributed by atoms with Gasteiger partial charge in [-0.3, -0.25) is 0 Å². The van der Waals surface area contributed by atoms with Gasteiger partial charge in [0.05, 0.1) is 5.56 Å². The molecule has 3 rings (SSSR count). The predicted molar refractivity (Wildman–Crippen MR) is 116 cm³/mol. The van der Waals surface area contributed by atoms with Crippen LogP contribution in [0.25, 0.3) is 5.57 Å². The highest BCUT2D eigenvalue weighted by molar-refractivity contribution is 5.87. The quantitative estimate of drug-likeness (QED) is 0.630. The lowest BCUT2D eigenvalue weighted by molar-refractivity contribution is 0.0697. The van der Waals surface area contributed by atoms with Crippen LogP contribution in [0.1, 0.15) is 86.0 Å². The molecule has 2 heteroatoms. The molecule has 0 unspecified atom stereocenters. The summed E-state index contributed by atoms with van der Waals surface area (Å²) in [4.78, 5) is 11.0. The summed E-state index contributed by atoms with van der Waals surface area (Å²) in [7, 11) is 0. The van der Waals surface area contributed by atoms with E-state index < -0.39 is 5.97 Å². The fourth-order valence-corrected chi connectivity index (χ4v) is 4.05. The Kier molecular flexibility index (Phi) is 5.75. The molecule has 0 aromatic heterocycles. The van der Waals surface area contributed by atoms with Crippen LogP contribution >= 0.6 is 0 Å². The number of allylic oxidation sites excluding steroid dienone is 2. The molecule has 0 fully saturated rings. The zero-order valence-corrected chi connectivity index (χ0v) is 17.2. The second kappa shape index (κ2) is 8.07. The van der Waals surface area contributed by atoms with Gasteiger partial charge in [0, 0.05) is 11.1 Å². The number of hydrogen-bond donors (Lipinski definition) is 1. The lowest BCUT2D eigenvalue weighted by Crippen LogP contribution is -2.23. The largest absolute Gasteiger partial charge is 0.478 e. The maximum atomic E-state index is 11.0. The molecule has 0 heterocycles. The van der Waals surface area contributed by atoms with Crippen LogP contribution in [0.3, 0.4) is 0 Å². The Morgan fingerprint density at radius 2 is 1.61 bits per heavy atom. The molecule has 144 valence electrons. The topological polar surface area (TPSA) is 37.3 Å². The molecule has 0 amide bonds. The summed E-state index contributed by atoms with van der Waals surface area (Å²) in [6.07, 6.45) is 4.50. The van der Waals surface area contributed by atoms with E-state index in [1.54, 1.807) is 29.8 Å². The first-order valence-corrected chi connectivity index (χ1v) is 10.1. The summed E-state index contributed by atoms with van der Waals surface area (Å²) < 4.78 is 0. The molecular weight excluding hydrogens is 344 g/mol. The highest BCUT2D eigenvalue weighted by atomic mass is 16.4. The number of aromatic carboxylic acids is 1. The van der Waals surface area contributed by atoms with Gasteiger partial charge < -0.3 is 5.11 Å². The normalized spacial score (nSPS) is 14.6. The highest BCUT2D eigenvalue weighted by Crippen LogP contribution is 2.44. The SMILES string of the molecule is CCC(CC)=C1CCC(C)(C)c2ccc(C#Cc3ccc(C(=O)O)cc3)cc21. The highest BCUT2D eigenvalue weighted by Gasteiger charge is 2.30. The standard InChI is InChI=1S/C26H28O2/c1-5-20(6-2)22-15-16-26(3,4)24-14-11-19(17-23(22)24)8-7-18-9-12-21(13-10-18)25(27)28/h9-14,17H,5-6,15-16H2,1-4H3,(H,27,28). The summed E-state index contributed by atoms with van der Waals surface area (Å²) in [5.74, 6) is 5.51. The molecule has 0 radical (unpaired) electrons.